The van der Waals surface area contributed by atoms with Crippen molar-refractivity contribution in [2.75, 3.05) is 0 Å². The SMILES string of the molecule is O=C1C(c2ccccc2-c2c[nH]c3ccc([N+](=O)[O-])cc23)=Nc2ccccc21. The maximum Gasteiger partial charge on any atom is 0.270 e. The summed E-state index contributed by atoms with van der Waals surface area (Å²) in [4.78, 5) is 31.4. The number of Topliss-reactive ketones (excluding diaryl/α,β-unsaturated/α-hetero) is 1. The Morgan fingerprint density at radius 1 is 0.857 bits per heavy atom. The number of hydrogen-bond acceptors (Lipinski definition) is 4. The maximum atomic E-state index is 12.9. The zero-order valence-electron chi connectivity index (χ0n) is 14.5. The van der Waals surface area contributed by atoms with E-state index in [1.54, 1.807) is 24.4 Å². The molecule has 0 unspecified atom stereocenters. The first-order valence-corrected chi connectivity index (χ1v) is 8.71. The van der Waals surface area contributed by atoms with Crippen LogP contribution in [0.1, 0.15) is 15.9 Å². The minimum Gasteiger partial charge on any atom is -0.361 e. The van der Waals surface area contributed by atoms with Crippen molar-refractivity contribution in [1.29, 1.82) is 0 Å². The number of para-hydroxylation sites is 1. The smallest absolute Gasteiger partial charge is 0.270 e. The Hall–Kier alpha value is -4.06. The maximum absolute atomic E-state index is 12.9. The molecule has 0 saturated carbocycles. The van der Waals surface area contributed by atoms with Gasteiger partial charge in [0.1, 0.15) is 5.71 Å². The largest absolute Gasteiger partial charge is 0.361 e. The molecule has 6 nitrogen and oxygen atoms in total. The van der Waals surface area contributed by atoms with E-state index in [-0.39, 0.29) is 11.5 Å². The summed E-state index contributed by atoms with van der Waals surface area (Å²) in [6, 6.07) is 19.4. The van der Waals surface area contributed by atoms with Crippen LogP contribution in [0.25, 0.3) is 22.0 Å². The average molecular weight is 367 g/mol. The quantitative estimate of drug-likeness (QED) is 0.405. The lowest BCUT2D eigenvalue weighted by Gasteiger charge is -2.08. The molecule has 0 atom stereocenters. The van der Waals surface area contributed by atoms with Gasteiger partial charge in [-0.05, 0) is 23.8 Å². The molecule has 0 radical (unpaired) electrons. The minimum absolute atomic E-state index is 0.0209. The number of aromatic amines is 1. The highest BCUT2D eigenvalue weighted by atomic mass is 16.6. The molecular formula is C22H13N3O3. The van der Waals surface area contributed by atoms with Gasteiger partial charge in [0, 0.05) is 45.9 Å². The number of non-ortho nitro benzene ring substituents is 1. The molecule has 2 heterocycles. The number of hydrogen-bond donors (Lipinski definition) is 1. The molecule has 134 valence electrons. The van der Waals surface area contributed by atoms with E-state index in [1.807, 2.05) is 42.5 Å². The monoisotopic (exact) mass is 367 g/mol. The first kappa shape index (κ1) is 16.1. The number of nitrogens with zero attached hydrogens (tertiary/aromatic N) is 2. The summed E-state index contributed by atoms with van der Waals surface area (Å²) in [7, 11) is 0. The van der Waals surface area contributed by atoms with Crippen LogP contribution in [0, 0.1) is 10.1 Å². The molecule has 5 rings (SSSR count). The van der Waals surface area contributed by atoms with Crippen LogP contribution < -0.4 is 0 Å². The van der Waals surface area contributed by atoms with Crippen LogP contribution in [-0.4, -0.2) is 21.4 Å². The molecule has 0 aliphatic carbocycles. The fourth-order valence-corrected chi connectivity index (χ4v) is 3.61. The van der Waals surface area contributed by atoms with Crippen molar-refractivity contribution >= 4 is 33.8 Å². The van der Waals surface area contributed by atoms with Crippen molar-refractivity contribution in [3.8, 4) is 11.1 Å². The van der Waals surface area contributed by atoms with Crippen molar-refractivity contribution in [3.05, 3.63) is 94.2 Å². The molecule has 0 bridgehead atoms. The normalized spacial score (nSPS) is 12.9. The number of aromatic nitrogens is 1. The van der Waals surface area contributed by atoms with Crippen LogP contribution in [0.5, 0.6) is 0 Å². The van der Waals surface area contributed by atoms with Crippen LogP contribution in [0.15, 0.2) is 77.9 Å². The number of benzene rings is 3. The molecule has 0 fully saturated rings. The van der Waals surface area contributed by atoms with Crippen molar-refractivity contribution in [2.24, 2.45) is 4.99 Å². The lowest BCUT2D eigenvalue weighted by Crippen LogP contribution is -2.12. The van der Waals surface area contributed by atoms with Gasteiger partial charge in [-0.2, -0.15) is 0 Å². The summed E-state index contributed by atoms with van der Waals surface area (Å²) in [6.07, 6.45) is 1.81. The summed E-state index contributed by atoms with van der Waals surface area (Å²) < 4.78 is 0. The fraction of sp³-hybridized carbons (Fsp3) is 0. The van der Waals surface area contributed by atoms with Crippen molar-refractivity contribution in [2.45, 2.75) is 0 Å². The zero-order chi connectivity index (χ0) is 19.3. The number of nitrogens with one attached hydrogen (secondary N) is 1. The Kier molecular flexibility index (Phi) is 3.45. The zero-order valence-corrected chi connectivity index (χ0v) is 14.5. The predicted octanol–water partition coefficient (Wildman–Crippen LogP) is 5.06. The highest BCUT2D eigenvalue weighted by molar-refractivity contribution is 6.55. The van der Waals surface area contributed by atoms with Gasteiger partial charge in [-0.15, -0.1) is 0 Å². The molecule has 0 spiro atoms. The summed E-state index contributed by atoms with van der Waals surface area (Å²) in [5.41, 5.74) is 4.74. The summed E-state index contributed by atoms with van der Waals surface area (Å²) in [5, 5.41) is 11.9. The Morgan fingerprint density at radius 2 is 1.57 bits per heavy atom. The van der Waals surface area contributed by atoms with E-state index in [0.717, 1.165) is 22.0 Å². The second-order valence-electron chi connectivity index (χ2n) is 6.54. The third-order valence-electron chi connectivity index (χ3n) is 4.94. The number of nitro benzene ring substituents is 1. The first-order chi connectivity index (χ1) is 13.6. The third-order valence-corrected chi connectivity index (χ3v) is 4.94. The summed E-state index contributed by atoms with van der Waals surface area (Å²) >= 11 is 0. The minimum atomic E-state index is -0.413. The second kappa shape index (κ2) is 5.99. The molecule has 4 aromatic rings. The van der Waals surface area contributed by atoms with Crippen LogP contribution in [-0.2, 0) is 0 Å². The highest BCUT2D eigenvalue weighted by Gasteiger charge is 2.27. The molecule has 0 amide bonds. The van der Waals surface area contributed by atoms with E-state index in [2.05, 4.69) is 9.98 Å². The van der Waals surface area contributed by atoms with Crippen molar-refractivity contribution in [3.63, 3.8) is 0 Å². The Labute approximate surface area is 159 Å². The van der Waals surface area contributed by atoms with E-state index >= 15 is 0 Å². The second-order valence-corrected chi connectivity index (χ2v) is 6.54. The molecule has 1 aliphatic heterocycles. The van der Waals surface area contributed by atoms with Crippen LogP contribution >= 0.6 is 0 Å². The highest BCUT2D eigenvalue weighted by Crippen LogP contribution is 2.36. The van der Waals surface area contributed by atoms with Gasteiger partial charge < -0.3 is 4.98 Å². The summed E-state index contributed by atoms with van der Waals surface area (Å²) in [6.45, 7) is 0. The first-order valence-electron chi connectivity index (χ1n) is 8.71. The molecule has 0 saturated heterocycles. The van der Waals surface area contributed by atoms with Gasteiger partial charge in [0.15, 0.2) is 0 Å². The van der Waals surface area contributed by atoms with E-state index in [0.29, 0.717) is 22.5 Å². The molecule has 6 heteroatoms. The predicted molar refractivity (Wildman–Crippen MR) is 107 cm³/mol. The number of nitro groups is 1. The van der Waals surface area contributed by atoms with E-state index in [1.165, 1.54) is 6.07 Å². The van der Waals surface area contributed by atoms with Gasteiger partial charge in [0.25, 0.3) is 5.69 Å². The number of aliphatic imine (C=N–C) groups is 1. The number of H-pyrrole nitrogens is 1. The number of carbonyl (C=O) groups excluding carboxylic acids is 1. The number of ketones is 1. The Bertz CT molecular complexity index is 1320. The van der Waals surface area contributed by atoms with Crippen molar-refractivity contribution in [1.82, 2.24) is 4.98 Å². The van der Waals surface area contributed by atoms with Gasteiger partial charge in [-0.1, -0.05) is 36.4 Å². The Morgan fingerprint density at radius 3 is 2.32 bits per heavy atom. The van der Waals surface area contributed by atoms with Crippen LogP contribution in [0.4, 0.5) is 11.4 Å². The van der Waals surface area contributed by atoms with Crippen LogP contribution in [0.3, 0.4) is 0 Å². The van der Waals surface area contributed by atoms with Crippen molar-refractivity contribution < 1.29 is 9.72 Å². The van der Waals surface area contributed by atoms with E-state index in [4.69, 9.17) is 0 Å². The van der Waals surface area contributed by atoms with Gasteiger partial charge >= 0.3 is 0 Å². The van der Waals surface area contributed by atoms with E-state index < -0.39 is 4.92 Å². The average Bonchev–Trinajstić information content (AvgIpc) is 3.29. The molecule has 1 aliphatic rings. The third kappa shape index (κ3) is 2.35. The Balaban J connectivity index is 1.71. The molecule has 3 aromatic carbocycles. The number of carbonyl (C=O) groups is 1. The lowest BCUT2D eigenvalue weighted by molar-refractivity contribution is -0.384. The van der Waals surface area contributed by atoms with Crippen LogP contribution in [0.2, 0.25) is 0 Å². The van der Waals surface area contributed by atoms with Gasteiger partial charge in [-0.3, -0.25) is 14.9 Å². The van der Waals surface area contributed by atoms with Gasteiger partial charge in [0.05, 0.1) is 10.6 Å². The molecule has 28 heavy (non-hydrogen) atoms. The molecule has 1 N–H and O–H groups in total. The summed E-state index contributed by atoms with van der Waals surface area (Å²) in [5.74, 6) is -0.117. The number of fused-ring (bicyclic) bond motifs is 2. The standard InChI is InChI=1S/C22H13N3O3/c26-22-16-7-3-4-8-20(16)24-21(22)15-6-2-1-5-14(15)18-12-23-19-10-9-13(25(27)28)11-17(18)19/h1-12,23H. The van der Waals surface area contributed by atoms with Gasteiger partial charge in [0.2, 0.25) is 5.78 Å². The van der Waals surface area contributed by atoms with E-state index in [9.17, 15) is 14.9 Å². The van der Waals surface area contributed by atoms with Gasteiger partial charge in [-0.25, -0.2) is 4.99 Å². The number of rotatable bonds is 3. The topological polar surface area (TPSA) is 88.4 Å². The molecule has 1 aromatic heterocycles. The fourth-order valence-electron chi connectivity index (χ4n) is 3.61. The lowest BCUT2D eigenvalue weighted by atomic mass is 9.94. The molecular weight excluding hydrogens is 354 g/mol.